The van der Waals surface area contributed by atoms with E-state index in [1.54, 1.807) is 0 Å². The number of ether oxygens (including phenoxy) is 1. The van der Waals surface area contributed by atoms with Crippen LogP contribution in [0.4, 0.5) is 0 Å². The fourth-order valence-electron chi connectivity index (χ4n) is 2.65. The van der Waals surface area contributed by atoms with Crippen molar-refractivity contribution in [1.82, 2.24) is 9.88 Å². The number of benzene rings is 1. The van der Waals surface area contributed by atoms with Crippen LogP contribution in [0.5, 0.6) is 5.75 Å². The summed E-state index contributed by atoms with van der Waals surface area (Å²) in [7, 11) is 2.17. The van der Waals surface area contributed by atoms with Crippen LogP contribution in [0.2, 0.25) is 0 Å². The zero-order valence-electron chi connectivity index (χ0n) is 11.6. The van der Waals surface area contributed by atoms with E-state index in [4.69, 9.17) is 4.74 Å². The van der Waals surface area contributed by atoms with Gasteiger partial charge < -0.3 is 9.64 Å². The third-order valence-corrected chi connectivity index (χ3v) is 3.77. The highest BCUT2D eigenvalue weighted by atomic mass is 16.5. The second-order valence-electron chi connectivity index (χ2n) is 5.40. The molecule has 100 valence electrons. The van der Waals surface area contributed by atoms with Crippen LogP contribution < -0.4 is 4.74 Å². The van der Waals surface area contributed by atoms with Crippen molar-refractivity contribution in [3.8, 4) is 5.75 Å². The lowest BCUT2D eigenvalue weighted by Gasteiger charge is -2.29. The van der Waals surface area contributed by atoms with Gasteiger partial charge in [0.25, 0.3) is 0 Å². The molecule has 3 heteroatoms. The van der Waals surface area contributed by atoms with E-state index in [9.17, 15) is 0 Å². The normalized spacial score (nSPS) is 17.8. The Kier molecular flexibility index (Phi) is 3.38. The fraction of sp³-hybridized carbons (Fsp3) is 0.438. The third-order valence-electron chi connectivity index (χ3n) is 3.77. The smallest absolute Gasteiger partial charge is 0.130 e. The van der Waals surface area contributed by atoms with E-state index in [2.05, 4.69) is 29.1 Å². The molecule has 2 aromatic rings. The number of hydrogen-bond donors (Lipinski definition) is 0. The first kappa shape index (κ1) is 12.4. The zero-order valence-corrected chi connectivity index (χ0v) is 11.6. The van der Waals surface area contributed by atoms with Crippen LogP contribution in [0.3, 0.4) is 0 Å². The molecule has 3 nitrogen and oxygen atoms in total. The molecule has 0 unspecified atom stereocenters. The Bertz CT molecular complexity index is 574. The number of rotatable bonds is 2. The van der Waals surface area contributed by atoms with Crippen molar-refractivity contribution in [2.24, 2.45) is 0 Å². The number of likely N-dealkylation sites (tertiary alicyclic amines) is 1. The van der Waals surface area contributed by atoms with Gasteiger partial charge in [0, 0.05) is 30.2 Å². The van der Waals surface area contributed by atoms with Crippen LogP contribution in [-0.2, 0) is 0 Å². The molecule has 0 saturated carbocycles. The van der Waals surface area contributed by atoms with Gasteiger partial charge in [0.1, 0.15) is 11.9 Å². The fourth-order valence-corrected chi connectivity index (χ4v) is 2.65. The number of nitrogens with zero attached hydrogens (tertiary/aromatic N) is 2. The summed E-state index contributed by atoms with van der Waals surface area (Å²) in [6.07, 6.45) is 2.54. The molecule has 1 saturated heterocycles. The third kappa shape index (κ3) is 2.71. The molecular formula is C16H20N2O. The summed E-state index contributed by atoms with van der Waals surface area (Å²) in [5.41, 5.74) is 2.03. The minimum absolute atomic E-state index is 0.335. The number of hydrogen-bond acceptors (Lipinski definition) is 3. The molecular weight excluding hydrogens is 236 g/mol. The van der Waals surface area contributed by atoms with Crippen molar-refractivity contribution in [1.29, 1.82) is 0 Å². The summed E-state index contributed by atoms with van der Waals surface area (Å²) >= 11 is 0. The molecule has 0 amide bonds. The van der Waals surface area contributed by atoms with Crippen molar-refractivity contribution in [2.75, 3.05) is 20.1 Å². The topological polar surface area (TPSA) is 25.4 Å². The van der Waals surface area contributed by atoms with E-state index >= 15 is 0 Å². The van der Waals surface area contributed by atoms with Crippen molar-refractivity contribution in [3.63, 3.8) is 0 Å². The Morgan fingerprint density at radius 3 is 2.74 bits per heavy atom. The first-order chi connectivity index (χ1) is 9.22. The Morgan fingerprint density at radius 1 is 1.21 bits per heavy atom. The summed E-state index contributed by atoms with van der Waals surface area (Å²) < 4.78 is 6.23. The van der Waals surface area contributed by atoms with Gasteiger partial charge in [-0.3, -0.25) is 4.98 Å². The van der Waals surface area contributed by atoms with E-state index in [1.807, 2.05) is 25.1 Å². The average molecular weight is 256 g/mol. The number of fused-ring (bicyclic) bond motifs is 1. The maximum atomic E-state index is 6.23. The zero-order chi connectivity index (χ0) is 13.2. The highest BCUT2D eigenvalue weighted by molar-refractivity contribution is 5.85. The quantitative estimate of drug-likeness (QED) is 0.826. The van der Waals surface area contributed by atoms with Crippen LogP contribution in [0.1, 0.15) is 18.5 Å². The van der Waals surface area contributed by atoms with Crippen molar-refractivity contribution < 1.29 is 4.74 Å². The average Bonchev–Trinajstić information content (AvgIpc) is 2.41. The molecule has 1 aromatic carbocycles. The monoisotopic (exact) mass is 256 g/mol. The van der Waals surface area contributed by atoms with Gasteiger partial charge in [0.05, 0.1) is 5.52 Å². The molecule has 3 rings (SSSR count). The van der Waals surface area contributed by atoms with Crippen LogP contribution in [0.15, 0.2) is 30.3 Å². The number of aromatic nitrogens is 1. The molecule has 0 N–H and O–H groups in total. The standard InChI is InChI=1S/C16H20N2O/c1-12-11-16(14-5-3-4-6-15(14)17-12)19-13-7-9-18(2)10-8-13/h3-6,11,13H,7-10H2,1-2H3. The van der Waals surface area contributed by atoms with Crippen molar-refractivity contribution in [2.45, 2.75) is 25.9 Å². The van der Waals surface area contributed by atoms with E-state index in [1.165, 1.54) is 0 Å². The Labute approximate surface area is 114 Å². The summed E-state index contributed by atoms with van der Waals surface area (Å²) in [4.78, 5) is 6.91. The maximum absolute atomic E-state index is 6.23. The lowest BCUT2D eigenvalue weighted by molar-refractivity contribution is 0.115. The number of para-hydroxylation sites is 1. The molecule has 0 bridgehead atoms. The van der Waals surface area contributed by atoms with Crippen LogP contribution in [0, 0.1) is 6.92 Å². The molecule has 1 aromatic heterocycles. The minimum Gasteiger partial charge on any atom is -0.490 e. The highest BCUT2D eigenvalue weighted by Crippen LogP contribution is 2.27. The summed E-state index contributed by atoms with van der Waals surface area (Å²) in [5, 5.41) is 1.12. The van der Waals surface area contributed by atoms with Gasteiger partial charge in [-0.05, 0) is 38.9 Å². The Morgan fingerprint density at radius 2 is 1.95 bits per heavy atom. The minimum atomic E-state index is 0.335. The summed E-state index contributed by atoms with van der Waals surface area (Å²) in [6, 6.07) is 10.3. The number of aryl methyl sites for hydroxylation is 1. The molecule has 2 heterocycles. The molecule has 0 spiro atoms. The lowest BCUT2D eigenvalue weighted by Crippen LogP contribution is -2.35. The number of piperidine rings is 1. The van der Waals surface area contributed by atoms with Crippen molar-refractivity contribution >= 4 is 10.9 Å². The molecule has 0 atom stereocenters. The molecule has 1 aliphatic rings. The van der Waals surface area contributed by atoms with E-state index in [-0.39, 0.29) is 0 Å². The summed E-state index contributed by atoms with van der Waals surface area (Å²) in [6.45, 7) is 4.26. The van der Waals surface area contributed by atoms with Crippen LogP contribution in [0.25, 0.3) is 10.9 Å². The van der Waals surface area contributed by atoms with Gasteiger partial charge in [-0.25, -0.2) is 0 Å². The van der Waals surface area contributed by atoms with Gasteiger partial charge in [0.15, 0.2) is 0 Å². The van der Waals surface area contributed by atoms with Crippen LogP contribution in [-0.4, -0.2) is 36.1 Å². The molecule has 19 heavy (non-hydrogen) atoms. The van der Waals surface area contributed by atoms with E-state index in [0.29, 0.717) is 6.10 Å². The Hall–Kier alpha value is -1.61. The second-order valence-corrected chi connectivity index (χ2v) is 5.40. The van der Waals surface area contributed by atoms with E-state index in [0.717, 1.165) is 48.3 Å². The first-order valence-electron chi connectivity index (χ1n) is 6.94. The van der Waals surface area contributed by atoms with Gasteiger partial charge in [-0.15, -0.1) is 0 Å². The largest absolute Gasteiger partial charge is 0.490 e. The van der Waals surface area contributed by atoms with Crippen LogP contribution >= 0.6 is 0 Å². The van der Waals surface area contributed by atoms with Crippen molar-refractivity contribution in [3.05, 3.63) is 36.0 Å². The van der Waals surface area contributed by atoms with Gasteiger partial charge in [-0.2, -0.15) is 0 Å². The highest BCUT2D eigenvalue weighted by Gasteiger charge is 2.19. The maximum Gasteiger partial charge on any atom is 0.130 e. The second kappa shape index (κ2) is 5.17. The SMILES string of the molecule is Cc1cc(OC2CCN(C)CC2)c2ccccc2n1. The van der Waals surface area contributed by atoms with E-state index < -0.39 is 0 Å². The predicted molar refractivity (Wildman–Crippen MR) is 77.6 cm³/mol. The summed E-state index contributed by atoms with van der Waals surface area (Å²) in [5.74, 6) is 0.984. The Balaban J connectivity index is 1.88. The molecule has 0 aliphatic carbocycles. The lowest BCUT2D eigenvalue weighted by atomic mass is 10.1. The van der Waals surface area contributed by atoms with Gasteiger partial charge in [-0.1, -0.05) is 12.1 Å². The number of pyridine rings is 1. The van der Waals surface area contributed by atoms with Gasteiger partial charge in [0.2, 0.25) is 0 Å². The molecule has 1 aliphatic heterocycles. The predicted octanol–water partition coefficient (Wildman–Crippen LogP) is 3.02. The molecule has 0 radical (unpaired) electrons. The van der Waals surface area contributed by atoms with Gasteiger partial charge >= 0.3 is 0 Å². The first-order valence-corrected chi connectivity index (χ1v) is 6.94. The molecule has 1 fully saturated rings.